The van der Waals surface area contributed by atoms with Crippen molar-refractivity contribution in [3.63, 3.8) is 0 Å². The summed E-state index contributed by atoms with van der Waals surface area (Å²) in [5.74, 6) is 0. The molecule has 0 fully saturated rings. The number of hydrogen-bond donors (Lipinski definition) is 1. The minimum Gasteiger partial charge on any atom is -0.313 e. The van der Waals surface area contributed by atoms with Crippen LogP contribution in [0.2, 0.25) is 0 Å². The second-order valence-corrected chi connectivity index (χ2v) is 2.41. The molecule has 0 unspecified atom stereocenters. The molecule has 0 amide bonds. The van der Waals surface area contributed by atoms with E-state index in [4.69, 9.17) is 6.42 Å². The molecule has 0 aliphatic heterocycles. The zero-order valence-corrected chi connectivity index (χ0v) is 6.68. The first-order valence-electron chi connectivity index (χ1n) is 3.39. The largest absolute Gasteiger partial charge is 0.313 e. The van der Waals surface area contributed by atoms with Crippen molar-refractivity contribution in [2.75, 3.05) is 5.32 Å². The second-order valence-electron chi connectivity index (χ2n) is 2.41. The summed E-state index contributed by atoms with van der Waals surface area (Å²) in [7, 11) is 0. The Labute approximate surface area is 66.7 Å². The predicted octanol–water partition coefficient (Wildman–Crippen LogP) is 1.70. The van der Waals surface area contributed by atoms with Gasteiger partial charge in [-0.15, -0.1) is 0 Å². The third-order valence-electron chi connectivity index (χ3n) is 1.43. The molecule has 56 valence electrons. The number of hydrogen-bond acceptors (Lipinski definition) is 2. The van der Waals surface area contributed by atoms with E-state index < -0.39 is 0 Å². The van der Waals surface area contributed by atoms with Gasteiger partial charge in [0.05, 0.1) is 11.4 Å². The summed E-state index contributed by atoms with van der Waals surface area (Å²) in [4.78, 5) is 4.14. The predicted molar refractivity (Wildman–Crippen MR) is 46.2 cm³/mol. The Kier molecular flexibility index (Phi) is 2.12. The molecule has 0 spiro atoms. The van der Waals surface area contributed by atoms with Gasteiger partial charge in [-0.2, -0.15) is 0 Å². The molecule has 11 heavy (non-hydrogen) atoms. The maximum absolute atomic E-state index is 5.09. The fourth-order valence-corrected chi connectivity index (χ4v) is 0.842. The molecule has 1 N–H and O–H groups in total. The number of aryl methyl sites for hydroxylation is 2. The van der Waals surface area contributed by atoms with E-state index in [1.54, 1.807) is 0 Å². The summed E-state index contributed by atoms with van der Waals surface area (Å²) < 4.78 is 0. The molecule has 2 nitrogen and oxygen atoms in total. The van der Waals surface area contributed by atoms with Crippen molar-refractivity contribution in [3.8, 4) is 12.5 Å². The summed E-state index contributed by atoms with van der Waals surface area (Å²) in [6.07, 6.45) is 6.91. The van der Waals surface area contributed by atoms with Gasteiger partial charge in [-0.25, -0.2) is 0 Å². The maximum atomic E-state index is 5.09. The van der Waals surface area contributed by atoms with Crippen LogP contribution in [0, 0.1) is 26.3 Å². The van der Waals surface area contributed by atoms with Gasteiger partial charge in [-0.1, -0.05) is 6.42 Å². The first-order valence-corrected chi connectivity index (χ1v) is 3.39. The van der Waals surface area contributed by atoms with E-state index >= 15 is 0 Å². The topological polar surface area (TPSA) is 24.9 Å². The molecule has 1 aromatic heterocycles. The van der Waals surface area contributed by atoms with Crippen LogP contribution in [-0.2, 0) is 0 Å². The molecular formula is C9H10N2. The van der Waals surface area contributed by atoms with E-state index in [0.717, 1.165) is 16.9 Å². The monoisotopic (exact) mass is 146 g/mol. The highest BCUT2D eigenvalue weighted by molar-refractivity contribution is 5.52. The Morgan fingerprint density at radius 3 is 2.91 bits per heavy atom. The van der Waals surface area contributed by atoms with Gasteiger partial charge in [0.15, 0.2) is 0 Å². The van der Waals surface area contributed by atoms with Crippen LogP contribution in [0.5, 0.6) is 0 Å². The van der Waals surface area contributed by atoms with Gasteiger partial charge in [-0.3, -0.25) is 4.98 Å². The summed E-state index contributed by atoms with van der Waals surface area (Å²) in [6.45, 7) is 3.90. The smallest absolute Gasteiger partial charge is 0.0674 e. The highest BCUT2D eigenvalue weighted by Gasteiger charge is 1.95. The van der Waals surface area contributed by atoms with Crippen molar-refractivity contribution >= 4 is 5.69 Å². The molecule has 0 saturated carbocycles. The van der Waals surface area contributed by atoms with Gasteiger partial charge in [0, 0.05) is 12.2 Å². The van der Waals surface area contributed by atoms with Crippen LogP contribution < -0.4 is 5.32 Å². The van der Waals surface area contributed by atoms with Gasteiger partial charge < -0.3 is 5.32 Å². The summed E-state index contributed by atoms with van der Waals surface area (Å²) in [5.41, 5.74) is 2.94. The Bertz CT molecular complexity index is 297. The lowest BCUT2D eigenvalue weighted by molar-refractivity contribution is 1.17. The first-order chi connectivity index (χ1) is 5.24. The van der Waals surface area contributed by atoms with Crippen molar-refractivity contribution in [2.45, 2.75) is 13.8 Å². The molecular weight excluding hydrogens is 136 g/mol. The summed E-state index contributed by atoms with van der Waals surface area (Å²) in [5, 5.41) is 2.78. The zero-order chi connectivity index (χ0) is 8.27. The van der Waals surface area contributed by atoms with Crippen molar-refractivity contribution in [1.82, 2.24) is 4.98 Å². The zero-order valence-electron chi connectivity index (χ0n) is 6.68. The SMILES string of the molecule is C#CNc1cc(C)cnc1C. The molecule has 0 saturated heterocycles. The molecule has 0 aliphatic carbocycles. The molecule has 0 aliphatic rings. The first kappa shape index (κ1) is 7.62. The molecule has 1 heterocycles. The van der Waals surface area contributed by atoms with E-state index in [-0.39, 0.29) is 0 Å². The molecule has 0 aromatic carbocycles. The van der Waals surface area contributed by atoms with E-state index in [1.165, 1.54) is 0 Å². The Hall–Kier alpha value is -1.49. The number of pyridine rings is 1. The van der Waals surface area contributed by atoms with Gasteiger partial charge >= 0.3 is 0 Å². The minimum atomic E-state index is 0.910. The van der Waals surface area contributed by atoms with Crippen LogP contribution in [0.4, 0.5) is 5.69 Å². The summed E-state index contributed by atoms with van der Waals surface area (Å²) in [6, 6.07) is 4.34. The lowest BCUT2D eigenvalue weighted by atomic mass is 10.2. The lowest BCUT2D eigenvalue weighted by Crippen LogP contribution is -1.93. The van der Waals surface area contributed by atoms with Crippen LogP contribution in [0.1, 0.15) is 11.3 Å². The molecule has 0 atom stereocenters. The second kappa shape index (κ2) is 3.07. The van der Waals surface area contributed by atoms with E-state index in [1.807, 2.05) is 26.1 Å². The third-order valence-corrected chi connectivity index (χ3v) is 1.43. The highest BCUT2D eigenvalue weighted by Crippen LogP contribution is 2.12. The quantitative estimate of drug-likeness (QED) is 0.482. The Morgan fingerprint density at radius 1 is 1.55 bits per heavy atom. The van der Waals surface area contributed by atoms with Gasteiger partial charge in [0.25, 0.3) is 0 Å². The minimum absolute atomic E-state index is 0.910. The van der Waals surface area contributed by atoms with Crippen molar-refractivity contribution in [1.29, 1.82) is 0 Å². The van der Waals surface area contributed by atoms with Crippen LogP contribution in [0.3, 0.4) is 0 Å². The fraction of sp³-hybridized carbons (Fsp3) is 0.222. The standard InChI is InChI=1S/C9H10N2/c1-4-10-9-5-7(2)6-11-8(9)3/h1,5-6,10H,2-3H3. The van der Waals surface area contributed by atoms with Crippen molar-refractivity contribution < 1.29 is 0 Å². The molecule has 1 aromatic rings. The van der Waals surface area contributed by atoms with Crippen LogP contribution in [-0.4, -0.2) is 4.98 Å². The molecule has 2 heteroatoms. The molecule has 0 bridgehead atoms. The number of aromatic nitrogens is 1. The van der Waals surface area contributed by atoms with Crippen LogP contribution in [0.15, 0.2) is 12.3 Å². The lowest BCUT2D eigenvalue weighted by Gasteiger charge is -2.02. The number of nitrogens with zero attached hydrogens (tertiary/aromatic N) is 1. The maximum Gasteiger partial charge on any atom is 0.0674 e. The van der Waals surface area contributed by atoms with Gasteiger partial charge in [-0.05, 0) is 25.5 Å². The van der Waals surface area contributed by atoms with E-state index in [9.17, 15) is 0 Å². The van der Waals surface area contributed by atoms with Gasteiger partial charge in [0.1, 0.15) is 0 Å². The third kappa shape index (κ3) is 1.71. The van der Waals surface area contributed by atoms with Crippen molar-refractivity contribution in [3.05, 3.63) is 23.5 Å². The number of terminal acetylenes is 1. The Balaban J connectivity index is 3.05. The average Bonchev–Trinajstić information content (AvgIpc) is 1.98. The van der Waals surface area contributed by atoms with Gasteiger partial charge in [0.2, 0.25) is 0 Å². The highest BCUT2D eigenvalue weighted by atomic mass is 14.9. The molecule has 1 rings (SSSR count). The normalized spacial score (nSPS) is 8.82. The van der Waals surface area contributed by atoms with Crippen molar-refractivity contribution in [2.24, 2.45) is 0 Å². The number of anilines is 1. The Morgan fingerprint density at radius 2 is 2.27 bits per heavy atom. The van der Waals surface area contributed by atoms with Crippen LogP contribution in [0.25, 0.3) is 0 Å². The number of rotatable bonds is 1. The average molecular weight is 146 g/mol. The van der Waals surface area contributed by atoms with Crippen LogP contribution >= 0.6 is 0 Å². The number of nitrogens with one attached hydrogen (secondary N) is 1. The molecule has 0 radical (unpaired) electrons. The summed E-state index contributed by atoms with van der Waals surface area (Å²) >= 11 is 0. The fourth-order valence-electron chi connectivity index (χ4n) is 0.842. The van der Waals surface area contributed by atoms with E-state index in [2.05, 4.69) is 16.3 Å². The van der Waals surface area contributed by atoms with E-state index in [0.29, 0.717) is 0 Å².